The summed E-state index contributed by atoms with van der Waals surface area (Å²) in [6.07, 6.45) is 6.78. The van der Waals surface area contributed by atoms with Crippen LogP contribution in [-0.2, 0) is 4.79 Å². The van der Waals surface area contributed by atoms with Crippen molar-refractivity contribution in [2.45, 2.75) is 39.0 Å². The zero-order valence-corrected chi connectivity index (χ0v) is 14.1. The number of amides is 1. The van der Waals surface area contributed by atoms with Gasteiger partial charge in [-0.2, -0.15) is 0 Å². The summed E-state index contributed by atoms with van der Waals surface area (Å²) in [4.78, 5) is 14.6. The van der Waals surface area contributed by atoms with E-state index in [4.69, 9.17) is 4.74 Å². The van der Waals surface area contributed by atoms with Gasteiger partial charge >= 0.3 is 0 Å². The summed E-state index contributed by atoms with van der Waals surface area (Å²) in [5.41, 5.74) is 0.839. The van der Waals surface area contributed by atoms with Crippen LogP contribution >= 0.6 is 0 Å². The van der Waals surface area contributed by atoms with Gasteiger partial charge in [0, 0.05) is 12.2 Å². The zero-order valence-electron chi connectivity index (χ0n) is 14.1. The Kier molecular flexibility index (Phi) is 5.55. The summed E-state index contributed by atoms with van der Waals surface area (Å²) < 4.78 is 5.42. The van der Waals surface area contributed by atoms with E-state index in [0.29, 0.717) is 13.2 Å². The van der Waals surface area contributed by atoms with Crippen molar-refractivity contribution >= 4 is 11.6 Å². The molecule has 0 unspecified atom stereocenters. The molecule has 2 atom stereocenters. The highest BCUT2D eigenvalue weighted by atomic mass is 16.5. The molecule has 1 saturated heterocycles. The zero-order chi connectivity index (χ0) is 16.1. The minimum Gasteiger partial charge on any atom is -0.494 e. The molecule has 1 aliphatic heterocycles. The molecular weight excluding hydrogens is 288 g/mol. The van der Waals surface area contributed by atoms with Gasteiger partial charge in [0.2, 0.25) is 5.91 Å². The maximum Gasteiger partial charge on any atom is 0.238 e. The van der Waals surface area contributed by atoms with Crippen LogP contribution in [-0.4, -0.2) is 37.0 Å². The monoisotopic (exact) mass is 316 g/mol. The second-order valence-corrected chi connectivity index (χ2v) is 6.83. The van der Waals surface area contributed by atoms with Crippen molar-refractivity contribution in [2.75, 3.05) is 31.6 Å². The van der Waals surface area contributed by atoms with Crippen LogP contribution < -0.4 is 10.1 Å². The molecule has 0 radical (unpaired) electrons. The van der Waals surface area contributed by atoms with E-state index in [2.05, 4.69) is 10.2 Å². The number of anilines is 1. The largest absolute Gasteiger partial charge is 0.494 e. The molecule has 1 aromatic carbocycles. The Labute approximate surface area is 139 Å². The first kappa shape index (κ1) is 16.3. The Hall–Kier alpha value is -1.55. The smallest absolute Gasteiger partial charge is 0.238 e. The van der Waals surface area contributed by atoms with Crippen LogP contribution in [0.5, 0.6) is 5.75 Å². The fourth-order valence-corrected chi connectivity index (χ4v) is 4.02. The third kappa shape index (κ3) is 4.47. The van der Waals surface area contributed by atoms with Crippen molar-refractivity contribution in [3.05, 3.63) is 24.3 Å². The van der Waals surface area contributed by atoms with E-state index < -0.39 is 0 Å². The van der Waals surface area contributed by atoms with Crippen LogP contribution in [0.25, 0.3) is 0 Å². The maximum absolute atomic E-state index is 12.3. The van der Waals surface area contributed by atoms with Gasteiger partial charge in [0.15, 0.2) is 0 Å². The van der Waals surface area contributed by atoms with Crippen molar-refractivity contribution in [2.24, 2.45) is 11.8 Å². The van der Waals surface area contributed by atoms with Crippen molar-refractivity contribution in [3.8, 4) is 5.75 Å². The summed E-state index contributed by atoms with van der Waals surface area (Å²) in [6.45, 7) is 5.30. The number of hydrogen-bond donors (Lipinski definition) is 1. The number of nitrogens with zero attached hydrogens (tertiary/aromatic N) is 1. The van der Waals surface area contributed by atoms with Crippen molar-refractivity contribution < 1.29 is 9.53 Å². The second-order valence-electron chi connectivity index (χ2n) is 6.83. The molecule has 126 valence electrons. The number of likely N-dealkylation sites (tertiary alicyclic amines) is 1. The van der Waals surface area contributed by atoms with E-state index in [-0.39, 0.29) is 5.91 Å². The van der Waals surface area contributed by atoms with Crippen LogP contribution in [0, 0.1) is 11.8 Å². The van der Waals surface area contributed by atoms with Crippen LogP contribution in [0.2, 0.25) is 0 Å². The Balaban J connectivity index is 1.47. The summed E-state index contributed by atoms with van der Waals surface area (Å²) in [6, 6.07) is 7.59. The predicted molar refractivity (Wildman–Crippen MR) is 92.7 cm³/mol. The third-order valence-corrected chi connectivity index (χ3v) is 5.19. The van der Waals surface area contributed by atoms with Crippen LogP contribution in [0.15, 0.2) is 24.3 Å². The molecule has 3 rings (SSSR count). The molecule has 1 aliphatic carbocycles. The molecule has 0 spiro atoms. The van der Waals surface area contributed by atoms with Gasteiger partial charge in [-0.25, -0.2) is 0 Å². The molecule has 1 N–H and O–H groups in total. The molecule has 1 amide bonds. The minimum atomic E-state index is 0.0865. The lowest BCUT2D eigenvalue weighted by Gasteiger charge is -2.41. The van der Waals surface area contributed by atoms with Gasteiger partial charge in [-0.3, -0.25) is 9.69 Å². The first-order valence-corrected chi connectivity index (χ1v) is 8.99. The average molecular weight is 316 g/mol. The van der Waals surface area contributed by atoms with Crippen molar-refractivity contribution in [3.63, 3.8) is 0 Å². The molecule has 0 bridgehead atoms. The molecule has 0 aromatic heterocycles. The highest BCUT2D eigenvalue weighted by Gasteiger charge is 2.31. The molecule has 1 aromatic rings. The molecular formula is C19H28N2O2. The van der Waals surface area contributed by atoms with Crippen LogP contribution in [0.1, 0.15) is 39.0 Å². The standard InChI is InChI=1S/C19H28N2O2/c1-2-23-18-9-7-17(8-10-18)20-19(22)14-21-12-11-15-5-3-4-6-16(15)13-21/h7-10,15-16H,2-6,11-14H2,1H3,(H,20,22)/t15-,16+/m0/s1. The number of piperidine rings is 1. The molecule has 4 nitrogen and oxygen atoms in total. The Morgan fingerprint density at radius 1 is 1.17 bits per heavy atom. The first-order valence-electron chi connectivity index (χ1n) is 8.99. The summed E-state index contributed by atoms with van der Waals surface area (Å²) in [5, 5.41) is 2.99. The van der Waals surface area contributed by atoms with E-state index in [1.807, 2.05) is 31.2 Å². The normalized spacial score (nSPS) is 24.7. The minimum absolute atomic E-state index is 0.0865. The number of ether oxygens (including phenoxy) is 1. The highest BCUT2D eigenvalue weighted by Crippen LogP contribution is 2.35. The van der Waals surface area contributed by atoms with E-state index in [0.717, 1.165) is 36.4 Å². The maximum atomic E-state index is 12.3. The van der Waals surface area contributed by atoms with Crippen molar-refractivity contribution in [1.82, 2.24) is 4.90 Å². The Morgan fingerprint density at radius 3 is 2.65 bits per heavy atom. The number of carbonyl (C=O) groups is 1. The second kappa shape index (κ2) is 7.82. The Morgan fingerprint density at radius 2 is 1.91 bits per heavy atom. The lowest BCUT2D eigenvalue weighted by molar-refractivity contribution is -0.118. The number of carbonyl (C=O) groups excluding carboxylic acids is 1. The van der Waals surface area contributed by atoms with Gasteiger partial charge in [-0.05, 0) is 62.4 Å². The highest BCUT2D eigenvalue weighted by molar-refractivity contribution is 5.92. The number of benzene rings is 1. The number of hydrogen-bond acceptors (Lipinski definition) is 3. The fraction of sp³-hybridized carbons (Fsp3) is 0.632. The number of rotatable bonds is 5. The Bertz CT molecular complexity index is 515. The van der Waals surface area contributed by atoms with E-state index in [1.54, 1.807) is 0 Å². The van der Waals surface area contributed by atoms with Gasteiger partial charge in [0.25, 0.3) is 0 Å². The molecule has 1 saturated carbocycles. The number of fused-ring (bicyclic) bond motifs is 1. The molecule has 1 heterocycles. The topological polar surface area (TPSA) is 41.6 Å². The van der Waals surface area contributed by atoms with E-state index in [1.165, 1.54) is 32.1 Å². The summed E-state index contributed by atoms with van der Waals surface area (Å²) in [7, 11) is 0. The van der Waals surface area contributed by atoms with Crippen LogP contribution in [0.4, 0.5) is 5.69 Å². The molecule has 23 heavy (non-hydrogen) atoms. The third-order valence-electron chi connectivity index (χ3n) is 5.19. The first-order chi connectivity index (χ1) is 11.2. The van der Waals surface area contributed by atoms with Crippen LogP contribution in [0.3, 0.4) is 0 Å². The van der Waals surface area contributed by atoms with Gasteiger partial charge in [-0.15, -0.1) is 0 Å². The van der Waals surface area contributed by atoms with Gasteiger partial charge in [0.05, 0.1) is 13.2 Å². The SMILES string of the molecule is CCOc1ccc(NC(=O)CN2CC[C@@H]3CCCC[C@@H]3C2)cc1. The molecule has 2 aliphatic rings. The van der Waals surface area contributed by atoms with Gasteiger partial charge in [0.1, 0.15) is 5.75 Å². The van der Waals surface area contributed by atoms with Gasteiger partial charge < -0.3 is 10.1 Å². The molecule has 2 fully saturated rings. The van der Waals surface area contributed by atoms with Gasteiger partial charge in [-0.1, -0.05) is 19.3 Å². The van der Waals surface area contributed by atoms with E-state index in [9.17, 15) is 4.79 Å². The predicted octanol–water partition coefficient (Wildman–Crippen LogP) is 3.54. The number of nitrogens with one attached hydrogen (secondary N) is 1. The van der Waals surface area contributed by atoms with E-state index >= 15 is 0 Å². The quantitative estimate of drug-likeness (QED) is 0.903. The van der Waals surface area contributed by atoms with Crippen molar-refractivity contribution in [1.29, 1.82) is 0 Å². The summed E-state index contributed by atoms with van der Waals surface area (Å²) in [5.74, 6) is 2.65. The summed E-state index contributed by atoms with van der Waals surface area (Å²) >= 11 is 0. The lowest BCUT2D eigenvalue weighted by Crippen LogP contribution is -2.44. The average Bonchev–Trinajstić information content (AvgIpc) is 2.57. The fourth-order valence-electron chi connectivity index (χ4n) is 4.02. The lowest BCUT2D eigenvalue weighted by atomic mass is 9.75. The molecule has 4 heteroatoms.